The summed E-state index contributed by atoms with van der Waals surface area (Å²) >= 11 is 0. The summed E-state index contributed by atoms with van der Waals surface area (Å²) in [5.74, 6) is -0.0336. The molecule has 0 aromatic heterocycles. The van der Waals surface area contributed by atoms with Crippen LogP contribution < -0.4 is 19.5 Å². The zero-order valence-electron chi connectivity index (χ0n) is 11.9. The molecule has 8 heteroatoms. The number of hydrogen-bond donors (Lipinski definition) is 1. The summed E-state index contributed by atoms with van der Waals surface area (Å²) in [6, 6.07) is 11.3. The van der Waals surface area contributed by atoms with Gasteiger partial charge in [-0.25, -0.2) is 4.79 Å². The summed E-state index contributed by atoms with van der Waals surface area (Å²) in [6.07, 6.45) is -5.49. The maximum absolute atomic E-state index is 12.2. The molecule has 0 spiro atoms. The minimum atomic E-state index is -4.79. The summed E-state index contributed by atoms with van der Waals surface area (Å²) < 4.78 is 50.9. The first-order valence-electron chi connectivity index (χ1n) is 6.39. The van der Waals surface area contributed by atoms with Gasteiger partial charge in [-0.15, -0.1) is 13.2 Å². The van der Waals surface area contributed by atoms with E-state index in [1.807, 2.05) is 0 Å². The molecule has 0 aliphatic carbocycles. The highest BCUT2D eigenvalue weighted by molar-refractivity contribution is 5.71. The van der Waals surface area contributed by atoms with Crippen molar-refractivity contribution < 1.29 is 32.2 Å². The van der Waals surface area contributed by atoms with Crippen molar-refractivity contribution in [2.45, 2.75) is 6.36 Å². The molecule has 0 saturated carbocycles. The first-order valence-corrected chi connectivity index (χ1v) is 6.39. The number of carbonyl (C=O) groups is 1. The lowest BCUT2D eigenvalue weighted by Gasteiger charge is -2.13. The van der Waals surface area contributed by atoms with Crippen molar-refractivity contribution >= 4 is 6.09 Å². The Morgan fingerprint density at radius 3 is 2.30 bits per heavy atom. The number of benzene rings is 2. The topological polar surface area (TPSA) is 56.8 Å². The number of nitrogens with one attached hydrogen (secondary N) is 1. The minimum absolute atomic E-state index is 0.0970. The van der Waals surface area contributed by atoms with Crippen molar-refractivity contribution in [1.82, 2.24) is 5.32 Å². The Morgan fingerprint density at radius 1 is 1.00 bits per heavy atom. The van der Waals surface area contributed by atoms with E-state index in [2.05, 4.69) is 10.1 Å². The predicted octanol–water partition coefficient (Wildman–Crippen LogP) is 4.10. The van der Waals surface area contributed by atoms with E-state index in [4.69, 9.17) is 9.47 Å². The average Bonchev–Trinajstić information content (AvgIpc) is 2.48. The highest BCUT2D eigenvalue weighted by Crippen LogP contribution is 2.33. The third kappa shape index (κ3) is 5.10. The maximum atomic E-state index is 12.2. The first-order chi connectivity index (χ1) is 10.9. The summed E-state index contributed by atoms with van der Waals surface area (Å²) in [6.45, 7) is 0. The Morgan fingerprint density at radius 2 is 1.65 bits per heavy atom. The van der Waals surface area contributed by atoms with E-state index in [0.717, 1.165) is 12.1 Å². The van der Waals surface area contributed by atoms with Crippen LogP contribution in [-0.4, -0.2) is 19.5 Å². The number of para-hydroxylation sites is 2. The van der Waals surface area contributed by atoms with Gasteiger partial charge in [0, 0.05) is 13.1 Å². The minimum Gasteiger partial charge on any atom is -0.453 e. The molecule has 5 nitrogen and oxygen atoms in total. The monoisotopic (exact) mass is 327 g/mol. The molecule has 0 aliphatic heterocycles. The maximum Gasteiger partial charge on any atom is 0.573 e. The van der Waals surface area contributed by atoms with E-state index in [9.17, 15) is 18.0 Å². The Bertz CT molecular complexity index is 688. The first kappa shape index (κ1) is 16.5. The van der Waals surface area contributed by atoms with Crippen molar-refractivity contribution in [3.05, 3.63) is 48.5 Å². The molecule has 2 aromatic carbocycles. The van der Waals surface area contributed by atoms with Crippen LogP contribution in [0.3, 0.4) is 0 Å². The lowest BCUT2D eigenvalue weighted by Crippen LogP contribution is -2.22. The molecule has 0 bridgehead atoms. The van der Waals surface area contributed by atoms with Crippen LogP contribution >= 0.6 is 0 Å². The average molecular weight is 327 g/mol. The van der Waals surface area contributed by atoms with Gasteiger partial charge >= 0.3 is 12.5 Å². The van der Waals surface area contributed by atoms with Gasteiger partial charge in [0.05, 0.1) is 0 Å². The van der Waals surface area contributed by atoms with Crippen molar-refractivity contribution in [3.63, 3.8) is 0 Å². The zero-order chi connectivity index (χ0) is 16.9. The Hall–Kier alpha value is -2.90. The second kappa shape index (κ2) is 6.91. The molecule has 0 heterocycles. The smallest absolute Gasteiger partial charge is 0.453 e. The van der Waals surface area contributed by atoms with Crippen LogP contribution in [0.1, 0.15) is 0 Å². The lowest BCUT2D eigenvalue weighted by atomic mass is 10.3. The van der Waals surface area contributed by atoms with E-state index in [-0.39, 0.29) is 17.2 Å². The van der Waals surface area contributed by atoms with Gasteiger partial charge in [-0.1, -0.05) is 18.2 Å². The van der Waals surface area contributed by atoms with Gasteiger partial charge in [-0.05, 0) is 24.3 Å². The number of ether oxygens (including phenoxy) is 3. The van der Waals surface area contributed by atoms with E-state index in [1.54, 1.807) is 12.1 Å². The van der Waals surface area contributed by atoms with Gasteiger partial charge in [-0.2, -0.15) is 0 Å². The normalized spacial score (nSPS) is 10.8. The standard InChI is InChI=1S/C15H12F3NO4/c1-19-14(20)22-13-8-3-2-7-12(13)21-10-5-4-6-11(9-10)23-15(16,17)18/h2-9H,1H3,(H,19,20). The number of hydrogen-bond acceptors (Lipinski definition) is 4. The molecule has 0 unspecified atom stereocenters. The van der Waals surface area contributed by atoms with Crippen molar-refractivity contribution in [2.24, 2.45) is 0 Å². The van der Waals surface area contributed by atoms with Crippen LogP contribution in [0.5, 0.6) is 23.0 Å². The molecule has 2 aromatic rings. The molecule has 2 rings (SSSR count). The van der Waals surface area contributed by atoms with Gasteiger partial charge in [0.2, 0.25) is 0 Å². The Kier molecular flexibility index (Phi) is 4.95. The Labute approximate surface area is 129 Å². The fourth-order valence-corrected chi connectivity index (χ4v) is 1.63. The van der Waals surface area contributed by atoms with Crippen LogP contribution in [0.15, 0.2) is 48.5 Å². The highest BCUT2D eigenvalue weighted by atomic mass is 19.4. The van der Waals surface area contributed by atoms with E-state index in [0.29, 0.717) is 0 Å². The number of carbonyl (C=O) groups excluding carboxylic acids is 1. The van der Waals surface area contributed by atoms with Gasteiger partial charge < -0.3 is 19.5 Å². The number of rotatable bonds is 4. The van der Waals surface area contributed by atoms with Crippen molar-refractivity contribution in [1.29, 1.82) is 0 Å². The van der Waals surface area contributed by atoms with Crippen LogP contribution in [-0.2, 0) is 0 Å². The van der Waals surface area contributed by atoms with E-state index < -0.39 is 18.2 Å². The molecule has 1 N–H and O–H groups in total. The summed E-state index contributed by atoms with van der Waals surface area (Å²) in [4.78, 5) is 11.3. The molecule has 1 amide bonds. The number of alkyl halides is 3. The highest BCUT2D eigenvalue weighted by Gasteiger charge is 2.31. The molecule has 23 heavy (non-hydrogen) atoms. The van der Waals surface area contributed by atoms with Crippen molar-refractivity contribution in [2.75, 3.05) is 7.05 Å². The predicted molar refractivity (Wildman–Crippen MR) is 74.7 cm³/mol. The lowest BCUT2D eigenvalue weighted by molar-refractivity contribution is -0.274. The second-order valence-corrected chi connectivity index (χ2v) is 4.21. The van der Waals surface area contributed by atoms with E-state index >= 15 is 0 Å². The summed E-state index contributed by atoms with van der Waals surface area (Å²) in [5, 5.41) is 2.28. The van der Waals surface area contributed by atoms with Crippen LogP contribution in [0.25, 0.3) is 0 Å². The molecule has 0 fully saturated rings. The fraction of sp³-hybridized carbons (Fsp3) is 0.133. The third-order valence-corrected chi connectivity index (χ3v) is 2.52. The SMILES string of the molecule is CNC(=O)Oc1ccccc1Oc1cccc(OC(F)(F)F)c1. The second-order valence-electron chi connectivity index (χ2n) is 4.21. The molecule has 122 valence electrons. The molecule has 0 atom stereocenters. The van der Waals surface area contributed by atoms with Gasteiger partial charge in [-0.3, -0.25) is 0 Å². The van der Waals surface area contributed by atoms with Crippen LogP contribution in [0.2, 0.25) is 0 Å². The van der Waals surface area contributed by atoms with Gasteiger partial charge in [0.15, 0.2) is 11.5 Å². The molecular formula is C15H12F3NO4. The van der Waals surface area contributed by atoms with E-state index in [1.165, 1.54) is 31.3 Å². The third-order valence-electron chi connectivity index (χ3n) is 2.52. The van der Waals surface area contributed by atoms with Gasteiger partial charge in [0.25, 0.3) is 0 Å². The number of amides is 1. The Balaban J connectivity index is 2.19. The number of halogens is 3. The van der Waals surface area contributed by atoms with Crippen molar-refractivity contribution in [3.8, 4) is 23.0 Å². The van der Waals surface area contributed by atoms with Crippen LogP contribution in [0, 0.1) is 0 Å². The fourth-order valence-electron chi connectivity index (χ4n) is 1.63. The molecular weight excluding hydrogens is 315 g/mol. The molecule has 0 aliphatic rings. The zero-order valence-corrected chi connectivity index (χ0v) is 11.9. The summed E-state index contributed by atoms with van der Waals surface area (Å²) in [5.41, 5.74) is 0. The van der Waals surface area contributed by atoms with Crippen LogP contribution in [0.4, 0.5) is 18.0 Å². The quantitative estimate of drug-likeness (QED) is 0.919. The largest absolute Gasteiger partial charge is 0.573 e. The molecule has 0 radical (unpaired) electrons. The molecule has 0 saturated heterocycles. The summed E-state index contributed by atoms with van der Waals surface area (Å²) in [7, 11) is 1.39. The van der Waals surface area contributed by atoms with Gasteiger partial charge in [0.1, 0.15) is 11.5 Å².